The molecule has 36 heavy (non-hydrogen) atoms. The number of hydrogen-bond acceptors (Lipinski definition) is 4. The fourth-order valence-electron chi connectivity index (χ4n) is 4.40. The van der Waals surface area contributed by atoms with Gasteiger partial charge in [-0.2, -0.15) is 0 Å². The van der Waals surface area contributed by atoms with Crippen LogP contribution < -0.4 is 10.1 Å². The standard InChI is InChI=1S/C27H24Cl2N4O3/c28-24-8-7-23(13-25(24)29)36-16-26(34)31-21-4-1-18(2-5-21)19-9-11-32(12-10-19)27(35)20-3-6-22-14-30-17-33(22)15-20/h1-8,13-15,17,19H,9-12,16H2,(H,31,34). The van der Waals surface area contributed by atoms with E-state index >= 15 is 0 Å². The van der Waals surface area contributed by atoms with Crippen molar-refractivity contribution in [2.45, 2.75) is 18.8 Å². The first-order valence-corrected chi connectivity index (χ1v) is 12.4. The molecule has 0 spiro atoms. The fraction of sp³-hybridized carbons (Fsp3) is 0.222. The molecule has 1 fully saturated rings. The van der Waals surface area contributed by atoms with E-state index in [1.54, 1.807) is 30.7 Å². The summed E-state index contributed by atoms with van der Waals surface area (Å²) in [7, 11) is 0. The number of imidazole rings is 1. The van der Waals surface area contributed by atoms with Crippen LogP contribution in [0.4, 0.5) is 5.69 Å². The molecule has 3 heterocycles. The van der Waals surface area contributed by atoms with Crippen LogP contribution in [0.15, 0.2) is 73.3 Å². The smallest absolute Gasteiger partial charge is 0.262 e. The summed E-state index contributed by atoms with van der Waals surface area (Å²) in [6.45, 7) is 1.27. The van der Waals surface area contributed by atoms with E-state index in [1.807, 2.05) is 51.9 Å². The Morgan fingerprint density at radius 3 is 2.53 bits per heavy atom. The van der Waals surface area contributed by atoms with E-state index < -0.39 is 0 Å². The SMILES string of the molecule is O=C(COc1ccc(Cl)c(Cl)c1)Nc1ccc(C2CCN(C(=O)c3ccc4cncn4c3)CC2)cc1. The number of aromatic nitrogens is 2. The maximum absolute atomic E-state index is 13.0. The van der Waals surface area contributed by atoms with Crippen molar-refractivity contribution in [3.8, 4) is 5.75 Å². The van der Waals surface area contributed by atoms with Gasteiger partial charge in [-0.1, -0.05) is 35.3 Å². The molecule has 1 aliphatic heterocycles. The first-order valence-electron chi connectivity index (χ1n) is 11.6. The van der Waals surface area contributed by atoms with Gasteiger partial charge in [0.15, 0.2) is 6.61 Å². The van der Waals surface area contributed by atoms with Crippen molar-refractivity contribution >= 4 is 46.2 Å². The van der Waals surface area contributed by atoms with Gasteiger partial charge in [-0.15, -0.1) is 0 Å². The zero-order valence-electron chi connectivity index (χ0n) is 19.4. The summed E-state index contributed by atoms with van der Waals surface area (Å²) in [5.74, 6) is 0.620. The molecule has 184 valence electrons. The number of pyridine rings is 1. The van der Waals surface area contributed by atoms with Crippen LogP contribution in [0.1, 0.15) is 34.7 Å². The number of nitrogens with zero attached hydrogens (tertiary/aromatic N) is 3. The average Bonchev–Trinajstić information content (AvgIpc) is 3.38. The largest absolute Gasteiger partial charge is 0.484 e. The number of carbonyl (C=O) groups is 2. The van der Waals surface area contributed by atoms with Crippen molar-refractivity contribution in [2.24, 2.45) is 0 Å². The van der Waals surface area contributed by atoms with Gasteiger partial charge in [0.2, 0.25) is 0 Å². The van der Waals surface area contributed by atoms with Gasteiger partial charge in [0.05, 0.1) is 33.6 Å². The quantitative estimate of drug-likeness (QED) is 0.353. The number of likely N-dealkylation sites (tertiary alicyclic amines) is 1. The van der Waals surface area contributed by atoms with Crippen LogP contribution in [0, 0.1) is 0 Å². The van der Waals surface area contributed by atoms with Gasteiger partial charge in [0.25, 0.3) is 11.8 Å². The summed E-state index contributed by atoms with van der Waals surface area (Å²) in [4.78, 5) is 31.2. The Kier molecular flexibility index (Phi) is 7.11. The summed E-state index contributed by atoms with van der Waals surface area (Å²) >= 11 is 11.9. The van der Waals surface area contributed by atoms with Gasteiger partial charge in [0, 0.05) is 31.0 Å². The van der Waals surface area contributed by atoms with E-state index in [2.05, 4.69) is 10.3 Å². The van der Waals surface area contributed by atoms with Crippen LogP contribution in [0.3, 0.4) is 0 Å². The van der Waals surface area contributed by atoms with E-state index in [4.69, 9.17) is 27.9 Å². The number of rotatable bonds is 6. The average molecular weight is 523 g/mol. The second-order valence-corrected chi connectivity index (χ2v) is 9.56. The minimum absolute atomic E-state index is 0.0465. The molecule has 1 N–H and O–H groups in total. The maximum Gasteiger partial charge on any atom is 0.262 e. The highest BCUT2D eigenvalue weighted by atomic mass is 35.5. The minimum atomic E-state index is -0.269. The molecule has 9 heteroatoms. The predicted molar refractivity (Wildman–Crippen MR) is 140 cm³/mol. The highest BCUT2D eigenvalue weighted by Crippen LogP contribution is 2.30. The Bertz CT molecular complexity index is 1400. The van der Waals surface area contributed by atoms with Crippen LogP contribution in [-0.2, 0) is 4.79 Å². The highest BCUT2D eigenvalue weighted by Gasteiger charge is 2.25. The third-order valence-corrected chi connectivity index (χ3v) is 7.10. The van der Waals surface area contributed by atoms with Crippen molar-refractivity contribution in [2.75, 3.05) is 25.0 Å². The molecule has 2 aromatic carbocycles. The molecule has 4 aromatic rings. The molecule has 7 nitrogen and oxygen atoms in total. The number of nitrogens with one attached hydrogen (secondary N) is 1. The van der Waals surface area contributed by atoms with Gasteiger partial charge in [0.1, 0.15) is 5.75 Å². The van der Waals surface area contributed by atoms with Gasteiger partial charge in [-0.3, -0.25) is 9.59 Å². The van der Waals surface area contributed by atoms with Gasteiger partial charge in [-0.25, -0.2) is 4.98 Å². The highest BCUT2D eigenvalue weighted by molar-refractivity contribution is 6.42. The van der Waals surface area contributed by atoms with Gasteiger partial charge >= 0.3 is 0 Å². The summed E-state index contributed by atoms with van der Waals surface area (Å²) in [5.41, 5.74) is 3.53. The summed E-state index contributed by atoms with van der Waals surface area (Å²) in [6, 6.07) is 16.5. The fourth-order valence-corrected chi connectivity index (χ4v) is 4.68. The molecule has 5 rings (SSSR count). The Balaban J connectivity index is 1.11. The molecular weight excluding hydrogens is 499 g/mol. The first kappa shape index (κ1) is 24.2. The number of anilines is 1. The van der Waals surface area contributed by atoms with Crippen LogP contribution in [0.25, 0.3) is 5.52 Å². The van der Waals surface area contributed by atoms with Crippen LogP contribution in [0.5, 0.6) is 5.75 Å². The van der Waals surface area contributed by atoms with Crippen molar-refractivity contribution in [1.82, 2.24) is 14.3 Å². The Morgan fingerprint density at radius 2 is 1.78 bits per heavy atom. The minimum Gasteiger partial charge on any atom is -0.484 e. The lowest BCUT2D eigenvalue weighted by Crippen LogP contribution is -2.38. The van der Waals surface area contributed by atoms with E-state index in [0.29, 0.717) is 46.1 Å². The zero-order valence-corrected chi connectivity index (χ0v) is 20.9. The van der Waals surface area contributed by atoms with Gasteiger partial charge in [-0.05, 0) is 60.7 Å². The van der Waals surface area contributed by atoms with E-state index in [1.165, 1.54) is 5.56 Å². The van der Waals surface area contributed by atoms with Crippen LogP contribution >= 0.6 is 23.2 Å². The summed E-state index contributed by atoms with van der Waals surface area (Å²) in [6.07, 6.45) is 7.08. The van der Waals surface area contributed by atoms with Crippen molar-refractivity contribution in [3.05, 3.63) is 94.5 Å². The molecule has 0 unspecified atom stereocenters. The Hall–Kier alpha value is -3.55. The van der Waals surface area contributed by atoms with Crippen molar-refractivity contribution < 1.29 is 14.3 Å². The molecule has 2 amide bonds. The molecule has 1 aliphatic rings. The number of ether oxygens (including phenoxy) is 1. The maximum atomic E-state index is 13.0. The second kappa shape index (κ2) is 10.6. The first-order chi connectivity index (χ1) is 17.5. The number of carbonyl (C=O) groups excluding carboxylic acids is 2. The third kappa shape index (κ3) is 5.48. The van der Waals surface area contributed by atoms with Crippen LogP contribution in [-0.4, -0.2) is 45.8 Å². The Morgan fingerprint density at radius 1 is 1.00 bits per heavy atom. The van der Waals surface area contributed by atoms with E-state index in [-0.39, 0.29) is 18.4 Å². The number of piperidine rings is 1. The topological polar surface area (TPSA) is 75.9 Å². The molecule has 2 aromatic heterocycles. The third-order valence-electron chi connectivity index (χ3n) is 6.36. The Labute approximate surface area is 218 Å². The van der Waals surface area contributed by atoms with E-state index in [0.717, 1.165) is 18.4 Å². The number of fused-ring (bicyclic) bond motifs is 1. The normalized spacial score (nSPS) is 14.1. The monoisotopic (exact) mass is 522 g/mol. The van der Waals surface area contributed by atoms with Crippen molar-refractivity contribution in [1.29, 1.82) is 0 Å². The van der Waals surface area contributed by atoms with Crippen LogP contribution in [0.2, 0.25) is 10.0 Å². The molecule has 0 radical (unpaired) electrons. The molecule has 0 bridgehead atoms. The number of halogens is 2. The summed E-state index contributed by atoms with van der Waals surface area (Å²) in [5, 5.41) is 3.64. The molecule has 0 atom stereocenters. The van der Waals surface area contributed by atoms with E-state index in [9.17, 15) is 9.59 Å². The lowest BCUT2D eigenvalue weighted by molar-refractivity contribution is -0.118. The summed E-state index contributed by atoms with van der Waals surface area (Å²) < 4.78 is 7.34. The molecular formula is C27H24Cl2N4O3. The molecule has 1 saturated heterocycles. The van der Waals surface area contributed by atoms with Crippen molar-refractivity contribution in [3.63, 3.8) is 0 Å². The molecule has 0 saturated carbocycles. The molecule has 0 aliphatic carbocycles. The number of amides is 2. The number of benzene rings is 2. The zero-order chi connectivity index (χ0) is 25.1. The number of hydrogen-bond donors (Lipinski definition) is 1. The second-order valence-electron chi connectivity index (χ2n) is 8.74. The van der Waals surface area contributed by atoms with Gasteiger partial charge < -0.3 is 19.4 Å². The lowest BCUT2D eigenvalue weighted by atomic mass is 9.89. The lowest BCUT2D eigenvalue weighted by Gasteiger charge is -2.32. The predicted octanol–water partition coefficient (Wildman–Crippen LogP) is 5.68.